The van der Waals surface area contributed by atoms with E-state index in [0.29, 0.717) is 13.0 Å². The van der Waals surface area contributed by atoms with Crippen molar-refractivity contribution in [1.29, 1.82) is 0 Å². The molecule has 5 heteroatoms. The Morgan fingerprint density at radius 2 is 1.89 bits per heavy atom. The average Bonchev–Trinajstić information content (AvgIpc) is 2.98. The Balaban J connectivity index is 1.98. The van der Waals surface area contributed by atoms with Gasteiger partial charge in [-0.2, -0.15) is 0 Å². The van der Waals surface area contributed by atoms with Gasteiger partial charge in [-0.1, -0.05) is 0 Å². The van der Waals surface area contributed by atoms with E-state index in [-0.39, 0.29) is 23.9 Å². The quantitative estimate of drug-likeness (QED) is 0.788. The number of carbonyl (C=O) groups is 2. The van der Waals surface area contributed by atoms with E-state index in [9.17, 15) is 9.59 Å². The minimum absolute atomic E-state index is 0.0278. The Bertz CT molecular complexity index is 324. The van der Waals surface area contributed by atoms with Gasteiger partial charge in [0.1, 0.15) is 6.04 Å². The van der Waals surface area contributed by atoms with Gasteiger partial charge >= 0.3 is 0 Å². The largest absolute Gasteiger partial charge is 0.341 e. The number of likely N-dealkylation sites (tertiary alicyclic amines) is 2. The molecule has 102 valence electrons. The summed E-state index contributed by atoms with van der Waals surface area (Å²) in [6, 6.07) is -0.366. The molecule has 2 saturated heterocycles. The van der Waals surface area contributed by atoms with Gasteiger partial charge in [0.2, 0.25) is 11.8 Å². The van der Waals surface area contributed by atoms with E-state index < -0.39 is 0 Å². The standard InChI is InChI=1S/C13H23N3O2/c1-10(14)9-12(17)16-8-4-5-11(16)13(18)15-6-2-3-7-15/h10-11H,2-9,14H2,1H3/t10-,11+/m0/s1. The third kappa shape index (κ3) is 2.83. The van der Waals surface area contributed by atoms with Crippen LogP contribution in [0.1, 0.15) is 39.0 Å². The molecular weight excluding hydrogens is 230 g/mol. The Morgan fingerprint density at radius 3 is 2.50 bits per heavy atom. The summed E-state index contributed by atoms with van der Waals surface area (Å²) in [4.78, 5) is 28.1. The maximum Gasteiger partial charge on any atom is 0.245 e. The van der Waals surface area contributed by atoms with E-state index in [2.05, 4.69) is 0 Å². The van der Waals surface area contributed by atoms with Crippen molar-refractivity contribution in [1.82, 2.24) is 9.80 Å². The number of hydrogen-bond acceptors (Lipinski definition) is 3. The molecule has 2 N–H and O–H groups in total. The van der Waals surface area contributed by atoms with Gasteiger partial charge in [-0.15, -0.1) is 0 Å². The van der Waals surface area contributed by atoms with E-state index >= 15 is 0 Å². The van der Waals surface area contributed by atoms with Crippen LogP contribution in [0.5, 0.6) is 0 Å². The van der Waals surface area contributed by atoms with E-state index in [1.165, 1.54) is 0 Å². The van der Waals surface area contributed by atoms with Crippen molar-refractivity contribution >= 4 is 11.8 Å². The number of rotatable bonds is 3. The van der Waals surface area contributed by atoms with Gasteiger partial charge in [0, 0.05) is 32.1 Å². The molecular formula is C13H23N3O2. The van der Waals surface area contributed by atoms with Gasteiger partial charge in [0.25, 0.3) is 0 Å². The molecule has 0 radical (unpaired) electrons. The van der Waals surface area contributed by atoms with Gasteiger partial charge in [-0.3, -0.25) is 9.59 Å². The van der Waals surface area contributed by atoms with Crippen LogP contribution < -0.4 is 5.73 Å². The van der Waals surface area contributed by atoms with Crippen molar-refractivity contribution in [2.75, 3.05) is 19.6 Å². The van der Waals surface area contributed by atoms with E-state index in [4.69, 9.17) is 5.73 Å². The highest BCUT2D eigenvalue weighted by Gasteiger charge is 2.36. The third-order valence-corrected chi connectivity index (χ3v) is 3.77. The van der Waals surface area contributed by atoms with Crippen LogP contribution in [0.25, 0.3) is 0 Å². The zero-order valence-corrected chi connectivity index (χ0v) is 11.1. The molecule has 2 atom stereocenters. The summed E-state index contributed by atoms with van der Waals surface area (Å²) < 4.78 is 0. The van der Waals surface area contributed by atoms with Gasteiger partial charge in [0.15, 0.2) is 0 Å². The minimum atomic E-state index is -0.227. The average molecular weight is 253 g/mol. The van der Waals surface area contributed by atoms with Crippen LogP contribution in [0.2, 0.25) is 0 Å². The smallest absolute Gasteiger partial charge is 0.245 e. The number of hydrogen-bond donors (Lipinski definition) is 1. The number of nitrogens with two attached hydrogens (primary N) is 1. The lowest BCUT2D eigenvalue weighted by atomic mass is 10.1. The van der Waals surface area contributed by atoms with Crippen molar-refractivity contribution in [2.24, 2.45) is 5.73 Å². The van der Waals surface area contributed by atoms with Crippen LogP contribution in [0.4, 0.5) is 0 Å². The molecule has 2 aliphatic rings. The zero-order chi connectivity index (χ0) is 13.1. The maximum absolute atomic E-state index is 12.3. The summed E-state index contributed by atoms with van der Waals surface area (Å²) in [6.07, 6.45) is 4.25. The highest BCUT2D eigenvalue weighted by atomic mass is 16.2. The molecule has 0 bridgehead atoms. The van der Waals surface area contributed by atoms with Crippen molar-refractivity contribution < 1.29 is 9.59 Å². The lowest BCUT2D eigenvalue weighted by Gasteiger charge is -2.28. The van der Waals surface area contributed by atoms with Gasteiger partial charge in [-0.25, -0.2) is 0 Å². The highest BCUT2D eigenvalue weighted by Crippen LogP contribution is 2.22. The molecule has 2 rings (SSSR count). The first kappa shape index (κ1) is 13.3. The lowest BCUT2D eigenvalue weighted by Crippen LogP contribution is -2.47. The Labute approximate surface area is 108 Å². The normalized spacial score (nSPS) is 25.6. The minimum Gasteiger partial charge on any atom is -0.341 e. The van der Waals surface area contributed by atoms with Crippen LogP contribution in [0.15, 0.2) is 0 Å². The maximum atomic E-state index is 12.3. The molecule has 0 aromatic rings. The first-order valence-corrected chi connectivity index (χ1v) is 6.93. The van der Waals surface area contributed by atoms with Crippen LogP contribution in [-0.4, -0.2) is 53.3 Å². The second-order valence-corrected chi connectivity index (χ2v) is 5.46. The SMILES string of the molecule is C[C@H](N)CC(=O)N1CCC[C@@H]1C(=O)N1CCCC1. The second kappa shape index (κ2) is 5.69. The Kier molecular flexibility index (Phi) is 4.22. The predicted octanol–water partition coefficient (Wildman–Crippen LogP) is 0.337. The Hall–Kier alpha value is -1.10. The first-order chi connectivity index (χ1) is 8.59. The fraction of sp³-hybridized carbons (Fsp3) is 0.846. The zero-order valence-electron chi connectivity index (χ0n) is 11.1. The fourth-order valence-electron chi connectivity index (χ4n) is 2.86. The van der Waals surface area contributed by atoms with Crippen molar-refractivity contribution in [3.63, 3.8) is 0 Å². The predicted molar refractivity (Wildman–Crippen MR) is 68.8 cm³/mol. The summed E-state index contributed by atoms with van der Waals surface area (Å²) in [5, 5.41) is 0. The van der Waals surface area contributed by atoms with Gasteiger partial charge in [-0.05, 0) is 32.6 Å². The molecule has 0 saturated carbocycles. The molecule has 2 amide bonds. The summed E-state index contributed by atoms with van der Waals surface area (Å²) in [5.74, 6) is 0.170. The number of amides is 2. The van der Waals surface area contributed by atoms with Crippen molar-refractivity contribution in [3.8, 4) is 0 Å². The molecule has 5 nitrogen and oxygen atoms in total. The molecule has 2 heterocycles. The van der Waals surface area contributed by atoms with Crippen LogP contribution >= 0.6 is 0 Å². The lowest BCUT2D eigenvalue weighted by molar-refractivity contribution is -0.143. The van der Waals surface area contributed by atoms with Crippen LogP contribution in [0, 0.1) is 0 Å². The van der Waals surface area contributed by atoms with E-state index in [1.54, 1.807) is 4.90 Å². The number of nitrogens with zero attached hydrogens (tertiary/aromatic N) is 2. The highest BCUT2D eigenvalue weighted by molar-refractivity contribution is 5.88. The van der Waals surface area contributed by atoms with E-state index in [1.807, 2.05) is 11.8 Å². The van der Waals surface area contributed by atoms with Crippen molar-refractivity contribution in [3.05, 3.63) is 0 Å². The summed E-state index contributed by atoms with van der Waals surface area (Å²) in [7, 11) is 0. The Morgan fingerprint density at radius 1 is 1.22 bits per heavy atom. The molecule has 2 aliphatic heterocycles. The molecule has 18 heavy (non-hydrogen) atoms. The molecule has 2 fully saturated rings. The van der Waals surface area contributed by atoms with E-state index in [0.717, 1.165) is 38.8 Å². The molecule has 0 aromatic carbocycles. The summed E-state index contributed by atoms with van der Waals surface area (Å²) in [6.45, 7) is 4.23. The van der Waals surface area contributed by atoms with Gasteiger partial charge < -0.3 is 15.5 Å². The summed E-state index contributed by atoms with van der Waals surface area (Å²) in [5.41, 5.74) is 5.66. The molecule has 0 aromatic heterocycles. The molecule has 0 aliphatic carbocycles. The van der Waals surface area contributed by atoms with Crippen LogP contribution in [0.3, 0.4) is 0 Å². The fourth-order valence-corrected chi connectivity index (χ4v) is 2.86. The third-order valence-electron chi connectivity index (χ3n) is 3.77. The topological polar surface area (TPSA) is 66.6 Å². The van der Waals surface area contributed by atoms with Gasteiger partial charge in [0.05, 0.1) is 0 Å². The molecule has 0 unspecified atom stereocenters. The van der Waals surface area contributed by atoms with Crippen LogP contribution in [-0.2, 0) is 9.59 Å². The van der Waals surface area contributed by atoms with Crippen molar-refractivity contribution in [2.45, 2.75) is 51.1 Å². The molecule has 0 spiro atoms. The number of carbonyl (C=O) groups excluding carboxylic acids is 2. The monoisotopic (exact) mass is 253 g/mol. The summed E-state index contributed by atoms with van der Waals surface area (Å²) >= 11 is 0. The first-order valence-electron chi connectivity index (χ1n) is 6.93. The second-order valence-electron chi connectivity index (χ2n) is 5.46.